The van der Waals surface area contributed by atoms with E-state index in [1.807, 2.05) is 10.6 Å². The highest BCUT2D eigenvalue weighted by atomic mass is 32.2. The van der Waals surface area contributed by atoms with Gasteiger partial charge in [0.25, 0.3) is 0 Å². The number of carbonyl (C=O) groups excluding carboxylic acids is 1. The van der Waals surface area contributed by atoms with E-state index in [4.69, 9.17) is 9.15 Å². The van der Waals surface area contributed by atoms with Gasteiger partial charge in [-0.2, -0.15) is 0 Å². The number of hydrogen-bond acceptors (Lipinski definition) is 8. The van der Waals surface area contributed by atoms with Gasteiger partial charge >= 0.3 is 5.97 Å². The number of thioether (sulfide) groups is 1. The summed E-state index contributed by atoms with van der Waals surface area (Å²) in [6.07, 6.45) is 2.67. The van der Waals surface area contributed by atoms with Crippen LogP contribution in [0.5, 0.6) is 0 Å². The van der Waals surface area contributed by atoms with Crippen molar-refractivity contribution in [3.63, 3.8) is 0 Å². The topological polar surface area (TPSA) is 116 Å². The van der Waals surface area contributed by atoms with Crippen molar-refractivity contribution in [1.29, 1.82) is 0 Å². The Morgan fingerprint density at radius 3 is 2.62 bits per heavy atom. The van der Waals surface area contributed by atoms with Crippen LogP contribution in [0.1, 0.15) is 12.7 Å². The van der Waals surface area contributed by atoms with Crippen LogP contribution in [0.3, 0.4) is 0 Å². The molecule has 9 nitrogen and oxygen atoms in total. The summed E-state index contributed by atoms with van der Waals surface area (Å²) >= 11 is 1.22. The van der Waals surface area contributed by atoms with Crippen LogP contribution < -0.4 is 4.72 Å². The van der Waals surface area contributed by atoms with Gasteiger partial charge in [0.15, 0.2) is 11.0 Å². The number of hydrogen-bond donors (Lipinski definition) is 1. The molecule has 2 aromatic heterocycles. The summed E-state index contributed by atoms with van der Waals surface area (Å²) < 4.78 is 37.4. The zero-order valence-electron chi connectivity index (χ0n) is 15.9. The molecule has 1 aromatic carbocycles. The largest absolute Gasteiger partial charge is 0.467 e. The van der Waals surface area contributed by atoms with Crippen molar-refractivity contribution in [2.24, 2.45) is 0 Å². The van der Waals surface area contributed by atoms with Gasteiger partial charge in [-0.05, 0) is 43.3 Å². The Bertz CT molecular complexity index is 1060. The van der Waals surface area contributed by atoms with E-state index in [1.54, 1.807) is 43.5 Å². The van der Waals surface area contributed by atoms with Crippen molar-refractivity contribution in [3.05, 3.63) is 48.4 Å². The molecule has 0 aliphatic heterocycles. The standard InChI is InChI=1S/C18H20N4O5S2/c1-3-26-16(23)12-28-18-20-19-17(22(18)11-15-5-4-10-27-15)13-6-8-14(9-7-13)21-29(2,24)25/h4-10,21H,3,11-12H2,1-2H3. The Morgan fingerprint density at radius 2 is 2.00 bits per heavy atom. The molecule has 0 unspecified atom stereocenters. The number of anilines is 1. The molecule has 0 amide bonds. The molecule has 3 aromatic rings. The maximum atomic E-state index is 11.7. The summed E-state index contributed by atoms with van der Waals surface area (Å²) in [5, 5.41) is 9.00. The number of aromatic nitrogens is 3. The summed E-state index contributed by atoms with van der Waals surface area (Å²) in [6.45, 7) is 2.45. The van der Waals surface area contributed by atoms with E-state index in [2.05, 4.69) is 14.9 Å². The van der Waals surface area contributed by atoms with Crippen molar-refractivity contribution in [3.8, 4) is 11.4 Å². The Kier molecular flexibility index (Phi) is 6.60. The second-order valence-corrected chi connectivity index (χ2v) is 8.71. The second-order valence-electron chi connectivity index (χ2n) is 6.02. The molecule has 0 aliphatic rings. The van der Waals surface area contributed by atoms with E-state index in [0.29, 0.717) is 35.6 Å². The molecule has 11 heteroatoms. The van der Waals surface area contributed by atoms with Gasteiger partial charge in [0.1, 0.15) is 5.76 Å². The number of ether oxygens (including phenoxy) is 1. The molecule has 0 saturated heterocycles. The Morgan fingerprint density at radius 1 is 1.24 bits per heavy atom. The molecular weight excluding hydrogens is 416 g/mol. The van der Waals surface area contributed by atoms with Gasteiger partial charge in [-0.1, -0.05) is 11.8 Å². The molecule has 0 aliphatic carbocycles. The Hall–Kier alpha value is -2.79. The predicted octanol–water partition coefficient (Wildman–Crippen LogP) is 2.61. The summed E-state index contributed by atoms with van der Waals surface area (Å²) in [7, 11) is -3.36. The van der Waals surface area contributed by atoms with Gasteiger partial charge in [0.05, 0.1) is 31.4 Å². The van der Waals surface area contributed by atoms with E-state index in [1.165, 1.54) is 11.8 Å². The van der Waals surface area contributed by atoms with Crippen LogP contribution >= 0.6 is 11.8 Å². The third-order valence-electron chi connectivity index (χ3n) is 3.68. The molecule has 0 atom stereocenters. The molecule has 0 radical (unpaired) electrons. The number of esters is 1. The highest BCUT2D eigenvalue weighted by Crippen LogP contribution is 2.26. The van der Waals surface area contributed by atoms with Crippen LogP contribution in [0.15, 0.2) is 52.2 Å². The third kappa shape index (κ3) is 5.84. The van der Waals surface area contributed by atoms with Gasteiger partial charge in [-0.3, -0.25) is 14.1 Å². The fraction of sp³-hybridized carbons (Fsp3) is 0.278. The summed E-state index contributed by atoms with van der Waals surface area (Å²) in [5.41, 5.74) is 1.19. The van der Waals surface area contributed by atoms with Crippen LogP contribution in [0.2, 0.25) is 0 Å². The first kappa shape index (κ1) is 20.9. The van der Waals surface area contributed by atoms with Crippen molar-refractivity contribution in [2.75, 3.05) is 23.3 Å². The summed E-state index contributed by atoms with van der Waals surface area (Å²) in [5.74, 6) is 1.06. The fourth-order valence-corrected chi connectivity index (χ4v) is 3.84. The van der Waals surface area contributed by atoms with Crippen molar-refractivity contribution < 1.29 is 22.4 Å². The maximum Gasteiger partial charge on any atom is 0.316 e. The lowest BCUT2D eigenvalue weighted by molar-refractivity contribution is -0.139. The van der Waals surface area contributed by atoms with Gasteiger partial charge in [-0.25, -0.2) is 8.42 Å². The minimum Gasteiger partial charge on any atom is -0.467 e. The minimum absolute atomic E-state index is 0.112. The van der Waals surface area contributed by atoms with Crippen molar-refractivity contribution >= 4 is 33.4 Å². The highest BCUT2D eigenvalue weighted by Gasteiger charge is 2.17. The minimum atomic E-state index is -3.36. The average molecular weight is 437 g/mol. The molecule has 29 heavy (non-hydrogen) atoms. The number of nitrogens with zero attached hydrogens (tertiary/aromatic N) is 3. The first-order chi connectivity index (χ1) is 13.9. The lowest BCUT2D eigenvalue weighted by Gasteiger charge is -2.09. The van der Waals surface area contributed by atoms with E-state index < -0.39 is 10.0 Å². The first-order valence-corrected chi connectivity index (χ1v) is 11.6. The highest BCUT2D eigenvalue weighted by molar-refractivity contribution is 7.99. The number of carbonyl (C=O) groups is 1. The first-order valence-electron chi connectivity index (χ1n) is 8.68. The maximum absolute atomic E-state index is 11.7. The van der Waals surface area contributed by atoms with Gasteiger partial charge < -0.3 is 9.15 Å². The molecule has 1 N–H and O–H groups in total. The third-order valence-corrected chi connectivity index (χ3v) is 5.23. The van der Waals surface area contributed by atoms with Crippen LogP contribution in [-0.4, -0.2) is 47.8 Å². The van der Waals surface area contributed by atoms with Crippen LogP contribution in [0.4, 0.5) is 5.69 Å². The Balaban J connectivity index is 1.88. The molecule has 0 bridgehead atoms. The molecule has 2 heterocycles. The number of benzene rings is 1. The molecule has 0 spiro atoms. The predicted molar refractivity (Wildman–Crippen MR) is 109 cm³/mol. The summed E-state index contributed by atoms with van der Waals surface area (Å²) in [4.78, 5) is 11.7. The monoisotopic (exact) mass is 436 g/mol. The summed E-state index contributed by atoms with van der Waals surface area (Å²) in [6, 6.07) is 10.4. The Labute approximate surface area is 172 Å². The van der Waals surface area contributed by atoms with E-state index in [9.17, 15) is 13.2 Å². The molecule has 0 saturated carbocycles. The average Bonchev–Trinajstić information content (AvgIpc) is 3.30. The molecular formula is C18H20N4O5S2. The number of sulfonamides is 1. The molecule has 3 rings (SSSR count). The zero-order chi connectivity index (χ0) is 20.9. The van der Waals surface area contributed by atoms with Crippen LogP contribution in [-0.2, 0) is 26.1 Å². The van der Waals surface area contributed by atoms with E-state index in [0.717, 1.165) is 11.8 Å². The lowest BCUT2D eigenvalue weighted by atomic mass is 10.2. The normalized spacial score (nSPS) is 11.4. The lowest BCUT2D eigenvalue weighted by Crippen LogP contribution is -2.09. The molecule has 0 fully saturated rings. The smallest absolute Gasteiger partial charge is 0.316 e. The van der Waals surface area contributed by atoms with Gasteiger partial charge in [0, 0.05) is 11.3 Å². The molecule has 154 valence electrons. The zero-order valence-corrected chi connectivity index (χ0v) is 17.5. The van der Waals surface area contributed by atoms with Crippen LogP contribution in [0, 0.1) is 0 Å². The van der Waals surface area contributed by atoms with Gasteiger partial charge in [0.2, 0.25) is 10.0 Å². The van der Waals surface area contributed by atoms with E-state index >= 15 is 0 Å². The SMILES string of the molecule is CCOC(=O)CSc1nnc(-c2ccc(NS(C)(=O)=O)cc2)n1Cc1ccco1. The number of nitrogens with one attached hydrogen (secondary N) is 1. The fourth-order valence-electron chi connectivity index (χ4n) is 2.54. The quantitative estimate of drug-likeness (QED) is 0.402. The van der Waals surface area contributed by atoms with Crippen molar-refractivity contribution in [2.45, 2.75) is 18.6 Å². The van der Waals surface area contributed by atoms with Crippen molar-refractivity contribution in [1.82, 2.24) is 14.8 Å². The van der Waals surface area contributed by atoms with Gasteiger partial charge in [-0.15, -0.1) is 10.2 Å². The van der Waals surface area contributed by atoms with E-state index in [-0.39, 0.29) is 11.7 Å². The van der Waals surface area contributed by atoms with Crippen LogP contribution in [0.25, 0.3) is 11.4 Å². The number of furan rings is 1. The number of rotatable bonds is 9. The second kappa shape index (κ2) is 9.14.